The summed E-state index contributed by atoms with van der Waals surface area (Å²) in [5, 5.41) is 12.6. The Hall–Kier alpha value is -0.120. The SMILES string of the molecule is CC(CCO)NC1(CN)CCCCCCC1. The molecule has 0 amide bonds. The first-order valence-corrected chi connectivity index (χ1v) is 6.81. The molecule has 0 radical (unpaired) electrons. The van der Waals surface area contributed by atoms with E-state index in [1.807, 2.05) is 0 Å². The minimum absolute atomic E-state index is 0.134. The number of rotatable bonds is 5. The molecule has 96 valence electrons. The van der Waals surface area contributed by atoms with E-state index >= 15 is 0 Å². The van der Waals surface area contributed by atoms with Crippen LogP contribution in [0.4, 0.5) is 0 Å². The average molecular weight is 228 g/mol. The molecule has 3 nitrogen and oxygen atoms in total. The summed E-state index contributed by atoms with van der Waals surface area (Å²) in [5.41, 5.74) is 6.11. The third-order valence-electron chi connectivity index (χ3n) is 3.82. The zero-order valence-corrected chi connectivity index (χ0v) is 10.7. The lowest BCUT2D eigenvalue weighted by atomic mass is 9.83. The fourth-order valence-corrected chi connectivity index (χ4v) is 2.78. The maximum atomic E-state index is 8.95. The van der Waals surface area contributed by atoms with E-state index in [2.05, 4.69) is 12.2 Å². The van der Waals surface area contributed by atoms with Gasteiger partial charge in [-0.3, -0.25) is 0 Å². The summed E-state index contributed by atoms with van der Waals surface area (Å²) < 4.78 is 0. The second-order valence-corrected chi connectivity index (χ2v) is 5.31. The van der Waals surface area contributed by atoms with E-state index in [1.54, 1.807) is 0 Å². The van der Waals surface area contributed by atoms with Crippen LogP contribution in [0, 0.1) is 0 Å². The Morgan fingerprint density at radius 3 is 2.25 bits per heavy atom. The van der Waals surface area contributed by atoms with Crippen molar-refractivity contribution in [2.75, 3.05) is 13.2 Å². The molecule has 0 aromatic heterocycles. The van der Waals surface area contributed by atoms with Crippen LogP contribution in [0.15, 0.2) is 0 Å². The Morgan fingerprint density at radius 2 is 1.75 bits per heavy atom. The molecule has 16 heavy (non-hydrogen) atoms. The van der Waals surface area contributed by atoms with Crippen molar-refractivity contribution in [3.05, 3.63) is 0 Å². The van der Waals surface area contributed by atoms with Gasteiger partial charge in [-0.1, -0.05) is 32.1 Å². The van der Waals surface area contributed by atoms with Crippen molar-refractivity contribution >= 4 is 0 Å². The Labute approximate surface area is 99.8 Å². The van der Waals surface area contributed by atoms with Crippen LogP contribution in [0.2, 0.25) is 0 Å². The molecule has 0 heterocycles. The van der Waals surface area contributed by atoms with Gasteiger partial charge in [-0.05, 0) is 26.2 Å². The standard InChI is InChI=1S/C13H28N2O/c1-12(7-10-16)15-13(11-14)8-5-3-2-4-6-9-13/h12,15-16H,2-11,14H2,1H3. The summed E-state index contributed by atoms with van der Waals surface area (Å²) in [6, 6.07) is 0.368. The van der Waals surface area contributed by atoms with E-state index in [1.165, 1.54) is 44.9 Å². The fourth-order valence-electron chi connectivity index (χ4n) is 2.78. The molecular weight excluding hydrogens is 200 g/mol. The molecule has 1 rings (SSSR count). The Bertz CT molecular complexity index is 177. The van der Waals surface area contributed by atoms with E-state index in [0.717, 1.165) is 13.0 Å². The molecule has 0 aromatic rings. The van der Waals surface area contributed by atoms with Gasteiger partial charge in [0.15, 0.2) is 0 Å². The zero-order valence-electron chi connectivity index (χ0n) is 10.7. The maximum absolute atomic E-state index is 8.95. The smallest absolute Gasteiger partial charge is 0.0445 e. The second-order valence-electron chi connectivity index (χ2n) is 5.31. The van der Waals surface area contributed by atoms with Crippen LogP contribution in [-0.4, -0.2) is 29.8 Å². The summed E-state index contributed by atoms with van der Waals surface area (Å²) in [7, 11) is 0. The van der Waals surface area contributed by atoms with Gasteiger partial charge in [0.1, 0.15) is 0 Å². The lowest BCUT2D eigenvalue weighted by Crippen LogP contribution is -2.54. The van der Waals surface area contributed by atoms with Crippen molar-refractivity contribution in [3.8, 4) is 0 Å². The second kappa shape index (κ2) is 7.25. The van der Waals surface area contributed by atoms with Crippen LogP contribution in [-0.2, 0) is 0 Å². The van der Waals surface area contributed by atoms with Crippen molar-refractivity contribution < 1.29 is 5.11 Å². The summed E-state index contributed by atoms with van der Waals surface area (Å²) in [5.74, 6) is 0. The molecule has 0 aromatic carbocycles. The molecule has 0 aliphatic heterocycles. The summed E-state index contributed by atoms with van der Waals surface area (Å²) in [4.78, 5) is 0. The van der Waals surface area contributed by atoms with Crippen molar-refractivity contribution in [2.45, 2.75) is 69.9 Å². The fraction of sp³-hybridized carbons (Fsp3) is 1.00. The molecule has 1 atom stereocenters. The lowest BCUT2D eigenvalue weighted by Gasteiger charge is -2.38. The van der Waals surface area contributed by atoms with Gasteiger partial charge in [-0.15, -0.1) is 0 Å². The minimum atomic E-state index is 0.134. The summed E-state index contributed by atoms with van der Waals surface area (Å²) in [6.45, 7) is 3.13. The van der Waals surface area contributed by atoms with Crippen molar-refractivity contribution in [2.24, 2.45) is 5.73 Å². The number of nitrogens with one attached hydrogen (secondary N) is 1. The number of hydrogen-bond acceptors (Lipinski definition) is 3. The molecular formula is C13H28N2O. The summed E-state index contributed by atoms with van der Waals surface area (Å²) >= 11 is 0. The van der Waals surface area contributed by atoms with E-state index < -0.39 is 0 Å². The van der Waals surface area contributed by atoms with E-state index in [-0.39, 0.29) is 12.1 Å². The van der Waals surface area contributed by atoms with Crippen LogP contribution >= 0.6 is 0 Å². The van der Waals surface area contributed by atoms with E-state index in [4.69, 9.17) is 10.8 Å². The van der Waals surface area contributed by atoms with E-state index in [0.29, 0.717) is 6.04 Å². The van der Waals surface area contributed by atoms with Gasteiger partial charge in [0.05, 0.1) is 0 Å². The maximum Gasteiger partial charge on any atom is 0.0445 e. The van der Waals surface area contributed by atoms with Gasteiger partial charge in [0.25, 0.3) is 0 Å². The normalized spacial score (nSPS) is 23.4. The highest BCUT2D eigenvalue weighted by Gasteiger charge is 2.29. The predicted octanol–water partition coefficient (Wildman–Crippen LogP) is 1.79. The summed E-state index contributed by atoms with van der Waals surface area (Å²) in [6.07, 6.45) is 9.86. The average Bonchev–Trinajstić information content (AvgIpc) is 2.23. The number of aliphatic hydroxyl groups is 1. The molecule has 1 saturated carbocycles. The predicted molar refractivity (Wildman–Crippen MR) is 68.4 cm³/mol. The van der Waals surface area contributed by atoms with Gasteiger partial charge in [0, 0.05) is 24.7 Å². The molecule has 0 saturated heterocycles. The number of nitrogens with two attached hydrogens (primary N) is 1. The molecule has 0 bridgehead atoms. The Balaban J connectivity index is 2.50. The van der Waals surface area contributed by atoms with Gasteiger partial charge in [-0.25, -0.2) is 0 Å². The zero-order chi connectivity index (χ0) is 11.9. The highest BCUT2D eigenvalue weighted by atomic mass is 16.3. The van der Waals surface area contributed by atoms with Crippen LogP contribution in [0.3, 0.4) is 0 Å². The first kappa shape index (κ1) is 13.9. The van der Waals surface area contributed by atoms with Gasteiger partial charge >= 0.3 is 0 Å². The first-order chi connectivity index (χ1) is 7.72. The lowest BCUT2D eigenvalue weighted by molar-refractivity contribution is 0.206. The highest BCUT2D eigenvalue weighted by molar-refractivity contribution is 4.91. The van der Waals surface area contributed by atoms with Crippen molar-refractivity contribution in [1.29, 1.82) is 0 Å². The van der Waals surface area contributed by atoms with Crippen molar-refractivity contribution in [1.82, 2.24) is 5.32 Å². The molecule has 0 spiro atoms. The molecule has 1 aliphatic carbocycles. The number of hydrogen-bond donors (Lipinski definition) is 3. The molecule has 3 heteroatoms. The largest absolute Gasteiger partial charge is 0.396 e. The Kier molecular flexibility index (Phi) is 6.32. The number of aliphatic hydroxyl groups excluding tert-OH is 1. The van der Waals surface area contributed by atoms with E-state index in [9.17, 15) is 0 Å². The van der Waals surface area contributed by atoms with Gasteiger partial charge in [-0.2, -0.15) is 0 Å². The van der Waals surface area contributed by atoms with Crippen LogP contribution < -0.4 is 11.1 Å². The first-order valence-electron chi connectivity index (χ1n) is 6.81. The van der Waals surface area contributed by atoms with Crippen LogP contribution in [0.5, 0.6) is 0 Å². The van der Waals surface area contributed by atoms with Gasteiger partial charge in [0.2, 0.25) is 0 Å². The minimum Gasteiger partial charge on any atom is -0.396 e. The highest BCUT2D eigenvalue weighted by Crippen LogP contribution is 2.26. The molecule has 1 fully saturated rings. The van der Waals surface area contributed by atoms with Crippen LogP contribution in [0.1, 0.15) is 58.3 Å². The third-order valence-corrected chi connectivity index (χ3v) is 3.82. The topological polar surface area (TPSA) is 58.3 Å². The molecule has 1 unspecified atom stereocenters. The quantitative estimate of drug-likeness (QED) is 0.672. The molecule has 1 aliphatic rings. The van der Waals surface area contributed by atoms with Gasteiger partial charge < -0.3 is 16.2 Å². The van der Waals surface area contributed by atoms with Crippen LogP contribution in [0.25, 0.3) is 0 Å². The monoisotopic (exact) mass is 228 g/mol. The third kappa shape index (κ3) is 4.40. The Morgan fingerprint density at radius 1 is 1.19 bits per heavy atom. The van der Waals surface area contributed by atoms with Crippen molar-refractivity contribution in [3.63, 3.8) is 0 Å². The molecule has 4 N–H and O–H groups in total.